The van der Waals surface area contributed by atoms with E-state index < -0.39 is 11.9 Å². The van der Waals surface area contributed by atoms with Crippen molar-refractivity contribution >= 4 is 11.8 Å². The highest BCUT2D eigenvalue weighted by atomic mass is 16.5. The van der Waals surface area contributed by atoms with Crippen LogP contribution in [-0.2, 0) is 9.53 Å². The molecule has 2 aliphatic carbocycles. The molecule has 1 saturated heterocycles. The lowest BCUT2D eigenvalue weighted by Gasteiger charge is -2.38. The second kappa shape index (κ2) is 11.8. The van der Waals surface area contributed by atoms with E-state index in [1.54, 1.807) is 6.92 Å². The van der Waals surface area contributed by atoms with Gasteiger partial charge in [-0.25, -0.2) is 0 Å². The molecule has 5 heteroatoms. The van der Waals surface area contributed by atoms with Crippen molar-refractivity contribution in [3.8, 4) is 0 Å². The molecule has 9 atom stereocenters. The lowest BCUT2D eigenvalue weighted by Crippen LogP contribution is -2.40. The number of aromatic amines is 1. The van der Waals surface area contributed by atoms with Crippen molar-refractivity contribution < 1.29 is 19.4 Å². The molecule has 3 unspecified atom stereocenters. The number of aliphatic carboxylic acids is 1. The third-order valence-corrected chi connectivity index (χ3v) is 9.14. The van der Waals surface area contributed by atoms with Crippen LogP contribution >= 0.6 is 0 Å². The first-order chi connectivity index (χ1) is 17.3. The summed E-state index contributed by atoms with van der Waals surface area (Å²) < 4.78 is 6.35. The number of Topliss-reactive ketones (excluding diaryl/α,β-unsaturated/α-hetero) is 1. The van der Waals surface area contributed by atoms with Gasteiger partial charge in [-0.15, -0.1) is 0 Å². The number of aromatic nitrogens is 1. The maximum absolute atomic E-state index is 13.6. The first-order valence-corrected chi connectivity index (χ1v) is 14.0. The summed E-state index contributed by atoms with van der Waals surface area (Å²) in [6.07, 6.45) is 18.7. The van der Waals surface area contributed by atoms with Crippen LogP contribution < -0.4 is 0 Å². The van der Waals surface area contributed by atoms with E-state index in [9.17, 15) is 14.7 Å². The molecule has 2 heterocycles. The molecule has 0 radical (unpaired) electrons. The van der Waals surface area contributed by atoms with E-state index >= 15 is 0 Å². The Morgan fingerprint density at radius 2 is 2.00 bits per heavy atom. The summed E-state index contributed by atoms with van der Waals surface area (Å²) >= 11 is 0. The van der Waals surface area contributed by atoms with Gasteiger partial charge in [0.25, 0.3) is 0 Å². The number of ketones is 1. The van der Waals surface area contributed by atoms with Gasteiger partial charge in [-0.3, -0.25) is 9.59 Å². The minimum atomic E-state index is -0.799. The summed E-state index contributed by atoms with van der Waals surface area (Å²) in [6, 6.07) is 3.80. The average molecular weight is 494 g/mol. The predicted octanol–water partition coefficient (Wildman–Crippen LogP) is 6.85. The van der Waals surface area contributed by atoms with E-state index in [2.05, 4.69) is 56.1 Å². The molecular formula is C31H43NO4. The van der Waals surface area contributed by atoms with E-state index in [1.165, 1.54) is 18.4 Å². The van der Waals surface area contributed by atoms with Gasteiger partial charge in [-0.05, 0) is 80.4 Å². The highest BCUT2D eigenvalue weighted by molar-refractivity contribution is 5.97. The zero-order valence-electron chi connectivity index (χ0n) is 22.2. The number of hydrogen-bond acceptors (Lipinski definition) is 3. The molecule has 3 aliphatic rings. The Balaban J connectivity index is 1.55. The van der Waals surface area contributed by atoms with Gasteiger partial charge in [0, 0.05) is 18.0 Å². The van der Waals surface area contributed by atoms with E-state index in [1.807, 2.05) is 18.3 Å². The number of carbonyl (C=O) groups excluding carboxylic acids is 1. The molecule has 1 aromatic rings. The molecular weight excluding hydrogens is 450 g/mol. The number of nitrogens with one attached hydrogen (secondary N) is 1. The summed E-state index contributed by atoms with van der Waals surface area (Å²) in [5, 5.41) is 9.46. The Hall–Kier alpha value is -2.40. The molecule has 4 rings (SSSR count). The third-order valence-electron chi connectivity index (χ3n) is 9.14. The van der Waals surface area contributed by atoms with Gasteiger partial charge in [0.15, 0.2) is 5.78 Å². The lowest BCUT2D eigenvalue weighted by atomic mass is 9.68. The summed E-state index contributed by atoms with van der Waals surface area (Å²) in [5.74, 6) is 0.846. The quantitative estimate of drug-likeness (QED) is 0.224. The molecule has 1 saturated carbocycles. The number of carbonyl (C=O) groups is 2. The highest BCUT2D eigenvalue weighted by Gasteiger charge is 2.45. The van der Waals surface area contributed by atoms with Crippen LogP contribution in [0.3, 0.4) is 0 Å². The summed E-state index contributed by atoms with van der Waals surface area (Å²) in [6.45, 7) is 8.33. The van der Waals surface area contributed by atoms with Crippen LogP contribution in [0.4, 0.5) is 0 Å². The first kappa shape index (κ1) is 26.7. The number of carboxylic acids is 1. The SMILES string of the molecule is CC/C(=C\C=C\[C@H]1C=CC2C(CC[C@@H]2CC)[C@@H]1C(=O)c1ccc[nH]1)[C@@H]1OC([C@@H](C)C(=O)O)CC[C@@H]1C. The minimum absolute atomic E-state index is 0.0458. The zero-order valence-corrected chi connectivity index (χ0v) is 22.2. The fourth-order valence-corrected chi connectivity index (χ4v) is 6.88. The summed E-state index contributed by atoms with van der Waals surface area (Å²) in [4.78, 5) is 28.3. The predicted molar refractivity (Wildman–Crippen MR) is 143 cm³/mol. The number of carboxylic acid groups (broad SMARTS) is 1. The number of rotatable bonds is 9. The van der Waals surface area contributed by atoms with Crippen LogP contribution in [0.25, 0.3) is 0 Å². The van der Waals surface area contributed by atoms with Crippen LogP contribution in [0, 0.1) is 41.4 Å². The standard InChI is InChI=1S/C31H43NO4/c1-5-21-13-16-25-24(21)15-14-23(28(25)29(33)26-11-8-18-32-26)10-7-9-22(6-2)30-19(3)12-17-27(36-30)20(4)31(34)35/h7-11,14-15,18-21,23-25,27-28,30,32H,5-6,12-13,16-17H2,1-4H3,(H,34,35)/b10-7+,22-9+/t19-,20+,21-,23-,24?,25?,27?,28+,30+/m0/s1. The van der Waals surface area contributed by atoms with E-state index in [0.717, 1.165) is 25.7 Å². The van der Waals surface area contributed by atoms with Crippen molar-refractivity contribution in [1.29, 1.82) is 0 Å². The maximum Gasteiger partial charge on any atom is 0.308 e. The second-order valence-corrected chi connectivity index (χ2v) is 11.2. The number of fused-ring (bicyclic) bond motifs is 1. The Morgan fingerprint density at radius 1 is 1.19 bits per heavy atom. The van der Waals surface area contributed by atoms with Crippen molar-refractivity contribution in [3.05, 3.63) is 60.0 Å². The fourth-order valence-electron chi connectivity index (χ4n) is 6.88. The molecule has 2 N–H and O–H groups in total. The topological polar surface area (TPSA) is 79.4 Å². The van der Waals surface area contributed by atoms with E-state index in [-0.39, 0.29) is 29.8 Å². The molecule has 0 aromatic carbocycles. The van der Waals surface area contributed by atoms with Crippen molar-refractivity contribution in [1.82, 2.24) is 4.98 Å². The van der Waals surface area contributed by atoms with Crippen LogP contribution in [-0.4, -0.2) is 34.1 Å². The molecule has 2 fully saturated rings. The number of H-pyrrole nitrogens is 1. The van der Waals surface area contributed by atoms with Crippen LogP contribution in [0.1, 0.15) is 76.7 Å². The first-order valence-electron chi connectivity index (χ1n) is 14.0. The highest BCUT2D eigenvalue weighted by Crippen LogP contribution is 2.49. The van der Waals surface area contributed by atoms with Gasteiger partial charge in [-0.2, -0.15) is 0 Å². The van der Waals surface area contributed by atoms with Gasteiger partial charge in [0.1, 0.15) is 0 Å². The molecule has 1 aromatic heterocycles. The van der Waals surface area contributed by atoms with Gasteiger partial charge < -0.3 is 14.8 Å². The Labute approximate surface area is 216 Å². The summed E-state index contributed by atoms with van der Waals surface area (Å²) in [5.41, 5.74) is 1.90. The monoisotopic (exact) mass is 493 g/mol. The molecule has 1 aliphatic heterocycles. The van der Waals surface area contributed by atoms with E-state index in [4.69, 9.17) is 4.74 Å². The molecule has 196 valence electrons. The minimum Gasteiger partial charge on any atom is -0.481 e. The molecule has 36 heavy (non-hydrogen) atoms. The van der Waals surface area contributed by atoms with Crippen molar-refractivity contribution in [2.45, 2.75) is 78.4 Å². The van der Waals surface area contributed by atoms with E-state index in [0.29, 0.717) is 29.4 Å². The van der Waals surface area contributed by atoms with Gasteiger partial charge in [0.2, 0.25) is 0 Å². The van der Waals surface area contributed by atoms with Gasteiger partial charge in [0.05, 0.1) is 23.8 Å². The summed E-state index contributed by atoms with van der Waals surface area (Å²) in [7, 11) is 0. The smallest absolute Gasteiger partial charge is 0.308 e. The van der Waals surface area contributed by atoms with Crippen molar-refractivity contribution in [3.63, 3.8) is 0 Å². The zero-order chi connectivity index (χ0) is 25.8. The average Bonchev–Trinajstić information content (AvgIpc) is 3.56. The number of ether oxygens (including phenoxy) is 1. The van der Waals surface area contributed by atoms with Crippen molar-refractivity contribution in [2.75, 3.05) is 0 Å². The maximum atomic E-state index is 13.6. The van der Waals surface area contributed by atoms with Gasteiger partial charge in [-0.1, -0.05) is 57.6 Å². The van der Waals surface area contributed by atoms with Crippen LogP contribution in [0.2, 0.25) is 0 Å². The van der Waals surface area contributed by atoms with Crippen molar-refractivity contribution in [2.24, 2.45) is 41.4 Å². The molecule has 0 bridgehead atoms. The number of hydrogen-bond donors (Lipinski definition) is 2. The molecule has 0 spiro atoms. The normalized spacial score (nSPS) is 35.6. The Kier molecular flexibility index (Phi) is 8.71. The van der Waals surface area contributed by atoms with Crippen LogP contribution in [0.15, 0.2) is 54.3 Å². The molecule has 5 nitrogen and oxygen atoms in total. The third kappa shape index (κ3) is 5.46. The number of allylic oxidation sites excluding steroid dienone is 5. The fraction of sp³-hybridized carbons (Fsp3) is 0.613. The van der Waals surface area contributed by atoms with Gasteiger partial charge >= 0.3 is 5.97 Å². The molecule has 0 amide bonds. The Bertz CT molecular complexity index is 990. The Morgan fingerprint density at radius 3 is 2.67 bits per heavy atom. The second-order valence-electron chi connectivity index (χ2n) is 11.2. The lowest BCUT2D eigenvalue weighted by molar-refractivity contribution is -0.152. The van der Waals surface area contributed by atoms with Crippen LogP contribution in [0.5, 0.6) is 0 Å². The largest absolute Gasteiger partial charge is 0.481 e.